The second-order valence-corrected chi connectivity index (χ2v) is 4.37. The summed E-state index contributed by atoms with van der Waals surface area (Å²) in [5.74, 6) is 0.123. The van der Waals surface area contributed by atoms with Crippen LogP contribution < -0.4 is 4.90 Å². The van der Waals surface area contributed by atoms with Crippen molar-refractivity contribution in [3.63, 3.8) is 0 Å². The predicted octanol–water partition coefficient (Wildman–Crippen LogP) is 3.14. The topological polar surface area (TPSA) is 20.3 Å². The van der Waals surface area contributed by atoms with E-state index in [1.807, 2.05) is 57.1 Å². The molecule has 0 fully saturated rings. The molecule has 0 aliphatic carbocycles. The molecule has 0 amide bonds. The van der Waals surface area contributed by atoms with Gasteiger partial charge in [0, 0.05) is 25.4 Å². The van der Waals surface area contributed by atoms with Gasteiger partial charge >= 0.3 is 0 Å². The van der Waals surface area contributed by atoms with Crippen LogP contribution in [0.2, 0.25) is 0 Å². The third-order valence-corrected chi connectivity index (χ3v) is 2.52. The van der Waals surface area contributed by atoms with Gasteiger partial charge in [0.05, 0.1) is 0 Å². The molecule has 0 spiro atoms. The lowest BCUT2D eigenvalue weighted by molar-refractivity contribution is -0.111. The fourth-order valence-electron chi connectivity index (χ4n) is 1.77. The SMILES string of the molecule is CC(=O)C(=C(C)C)c1ccc(N(C)C)cc1. The minimum absolute atomic E-state index is 0.123. The van der Waals surface area contributed by atoms with Gasteiger partial charge in [0.2, 0.25) is 0 Å². The Bertz CT molecular complexity index is 409. The molecular weight excluding hydrogens is 198 g/mol. The minimum Gasteiger partial charge on any atom is -0.378 e. The quantitative estimate of drug-likeness (QED) is 0.725. The van der Waals surface area contributed by atoms with Crippen molar-refractivity contribution in [3.8, 4) is 0 Å². The van der Waals surface area contributed by atoms with Crippen molar-refractivity contribution in [2.75, 3.05) is 19.0 Å². The lowest BCUT2D eigenvalue weighted by Gasteiger charge is -2.13. The third kappa shape index (κ3) is 2.72. The highest BCUT2D eigenvalue weighted by atomic mass is 16.1. The number of ketones is 1. The van der Waals surface area contributed by atoms with E-state index in [0.29, 0.717) is 0 Å². The van der Waals surface area contributed by atoms with Gasteiger partial charge in [0.15, 0.2) is 5.78 Å². The van der Waals surface area contributed by atoms with Gasteiger partial charge in [-0.15, -0.1) is 0 Å². The van der Waals surface area contributed by atoms with Gasteiger partial charge in [-0.25, -0.2) is 0 Å². The van der Waals surface area contributed by atoms with Gasteiger partial charge in [-0.05, 0) is 38.5 Å². The average Bonchev–Trinajstić information content (AvgIpc) is 2.17. The van der Waals surface area contributed by atoms with Crippen LogP contribution in [0.1, 0.15) is 26.3 Å². The molecule has 0 saturated heterocycles. The van der Waals surface area contributed by atoms with Crippen LogP contribution in [0.25, 0.3) is 5.57 Å². The first-order chi connectivity index (χ1) is 7.43. The Morgan fingerprint density at radius 3 is 1.81 bits per heavy atom. The molecule has 2 heteroatoms. The van der Waals surface area contributed by atoms with E-state index in [2.05, 4.69) is 0 Å². The fourth-order valence-corrected chi connectivity index (χ4v) is 1.77. The summed E-state index contributed by atoms with van der Waals surface area (Å²) in [6, 6.07) is 8.06. The monoisotopic (exact) mass is 217 g/mol. The van der Waals surface area contributed by atoms with Crippen molar-refractivity contribution in [2.45, 2.75) is 20.8 Å². The van der Waals surface area contributed by atoms with Gasteiger partial charge in [-0.1, -0.05) is 17.7 Å². The maximum atomic E-state index is 11.5. The Balaban J connectivity index is 3.15. The molecule has 2 nitrogen and oxygen atoms in total. The van der Waals surface area contributed by atoms with Crippen molar-refractivity contribution < 1.29 is 4.79 Å². The van der Waals surface area contributed by atoms with E-state index in [1.165, 1.54) is 0 Å². The highest BCUT2D eigenvalue weighted by Gasteiger charge is 2.08. The molecule has 0 aromatic heterocycles. The van der Waals surface area contributed by atoms with E-state index in [9.17, 15) is 4.79 Å². The molecule has 16 heavy (non-hydrogen) atoms. The van der Waals surface area contributed by atoms with Crippen LogP contribution in [0.3, 0.4) is 0 Å². The number of benzene rings is 1. The third-order valence-electron chi connectivity index (χ3n) is 2.52. The molecule has 0 radical (unpaired) electrons. The largest absolute Gasteiger partial charge is 0.378 e. The van der Waals surface area contributed by atoms with E-state index in [-0.39, 0.29) is 5.78 Å². The Morgan fingerprint density at radius 2 is 1.50 bits per heavy atom. The molecule has 0 aliphatic rings. The van der Waals surface area contributed by atoms with Crippen LogP contribution in [-0.4, -0.2) is 19.9 Å². The van der Waals surface area contributed by atoms with Crippen molar-refractivity contribution in [2.24, 2.45) is 0 Å². The molecule has 86 valence electrons. The van der Waals surface area contributed by atoms with Gasteiger partial charge in [0.1, 0.15) is 0 Å². The summed E-state index contributed by atoms with van der Waals surface area (Å²) in [6.45, 7) is 5.55. The lowest BCUT2D eigenvalue weighted by Crippen LogP contribution is -2.08. The zero-order chi connectivity index (χ0) is 12.3. The minimum atomic E-state index is 0.123. The lowest BCUT2D eigenvalue weighted by atomic mass is 9.98. The smallest absolute Gasteiger partial charge is 0.160 e. The normalized spacial score (nSPS) is 9.81. The molecule has 0 N–H and O–H groups in total. The summed E-state index contributed by atoms with van der Waals surface area (Å²) < 4.78 is 0. The number of hydrogen-bond donors (Lipinski definition) is 0. The maximum absolute atomic E-state index is 11.5. The van der Waals surface area contributed by atoms with E-state index in [0.717, 1.165) is 22.4 Å². The summed E-state index contributed by atoms with van der Waals surface area (Å²) in [7, 11) is 4.00. The fraction of sp³-hybridized carbons (Fsp3) is 0.357. The molecular formula is C14H19NO. The van der Waals surface area contributed by atoms with Gasteiger partial charge < -0.3 is 4.90 Å². The van der Waals surface area contributed by atoms with Crippen molar-refractivity contribution in [1.82, 2.24) is 0 Å². The molecule has 1 rings (SSSR count). The Hall–Kier alpha value is -1.57. The highest BCUT2D eigenvalue weighted by molar-refractivity contribution is 6.20. The van der Waals surface area contributed by atoms with Crippen LogP contribution >= 0.6 is 0 Å². The first-order valence-electron chi connectivity index (χ1n) is 5.39. The maximum Gasteiger partial charge on any atom is 0.160 e. The summed E-state index contributed by atoms with van der Waals surface area (Å²) in [4.78, 5) is 13.6. The number of nitrogens with zero attached hydrogens (tertiary/aromatic N) is 1. The van der Waals surface area contributed by atoms with Crippen LogP contribution in [0, 0.1) is 0 Å². The predicted molar refractivity (Wildman–Crippen MR) is 69.7 cm³/mol. The Labute approximate surface area is 97.6 Å². The summed E-state index contributed by atoms with van der Waals surface area (Å²) in [6.07, 6.45) is 0. The standard InChI is InChI=1S/C14H19NO/c1-10(2)14(11(3)16)12-6-8-13(9-7-12)15(4)5/h6-9H,1-5H3. The van der Waals surface area contributed by atoms with Crippen molar-refractivity contribution in [3.05, 3.63) is 35.4 Å². The zero-order valence-corrected chi connectivity index (χ0v) is 10.7. The summed E-state index contributed by atoms with van der Waals surface area (Å²) >= 11 is 0. The number of carbonyl (C=O) groups excluding carboxylic acids is 1. The van der Waals surface area contributed by atoms with Gasteiger partial charge in [0.25, 0.3) is 0 Å². The van der Waals surface area contributed by atoms with Crippen molar-refractivity contribution in [1.29, 1.82) is 0 Å². The number of allylic oxidation sites excluding steroid dienone is 2. The van der Waals surface area contributed by atoms with Gasteiger partial charge in [-0.3, -0.25) is 4.79 Å². The van der Waals surface area contributed by atoms with Crippen LogP contribution in [0.4, 0.5) is 5.69 Å². The first kappa shape index (κ1) is 12.5. The van der Waals surface area contributed by atoms with Crippen LogP contribution in [0.15, 0.2) is 29.8 Å². The summed E-state index contributed by atoms with van der Waals surface area (Å²) in [5.41, 5.74) is 4.02. The number of hydrogen-bond acceptors (Lipinski definition) is 2. The number of carbonyl (C=O) groups is 1. The second kappa shape index (κ2) is 4.97. The average molecular weight is 217 g/mol. The van der Waals surface area contributed by atoms with E-state index in [1.54, 1.807) is 6.92 Å². The number of rotatable bonds is 3. The van der Waals surface area contributed by atoms with E-state index < -0.39 is 0 Å². The van der Waals surface area contributed by atoms with Crippen molar-refractivity contribution >= 4 is 17.0 Å². The molecule has 1 aromatic rings. The van der Waals surface area contributed by atoms with Crippen LogP contribution in [-0.2, 0) is 4.79 Å². The van der Waals surface area contributed by atoms with Crippen LogP contribution in [0.5, 0.6) is 0 Å². The molecule has 0 bridgehead atoms. The number of anilines is 1. The highest BCUT2D eigenvalue weighted by Crippen LogP contribution is 2.22. The molecule has 0 saturated carbocycles. The number of Topliss-reactive ketones (excluding diaryl/α,β-unsaturated/α-hetero) is 1. The van der Waals surface area contributed by atoms with E-state index >= 15 is 0 Å². The molecule has 0 aliphatic heterocycles. The first-order valence-corrected chi connectivity index (χ1v) is 5.39. The Kier molecular flexibility index (Phi) is 3.88. The Morgan fingerprint density at radius 1 is 1.00 bits per heavy atom. The molecule has 0 heterocycles. The molecule has 0 unspecified atom stereocenters. The zero-order valence-electron chi connectivity index (χ0n) is 10.7. The summed E-state index contributed by atoms with van der Waals surface area (Å²) in [5, 5.41) is 0. The second-order valence-electron chi connectivity index (χ2n) is 4.37. The van der Waals surface area contributed by atoms with Gasteiger partial charge in [-0.2, -0.15) is 0 Å². The molecule has 0 atom stereocenters. The van der Waals surface area contributed by atoms with E-state index in [4.69, 9.17) is 0 Å². The molecule has 1 aromatic carbocycles.